The average Bonchev–Trinajstić information content (AvgIpc) is 3.42. The first kappa shape index (κ1) is 24.4. The molecule has 1 aromatic carbocycles. The largest absolute Gasteiger partial charge is 0.462 e. The Morgan fingerprint density at radius 1 is 1.25 bits per heavy atom. The number of ether oxygens (including phenoxy) is 1. The number of thiophene rings is 2. The lowest BCUT2D eigenvalue weighted by Crippen LogP contribution is -2.28. The Balaban J connectivity index is 1.43. The van der Waals surface area contributed by atoms with Gasteiger partial charge >= 0.3 is 5.97 Å². The van der Waals surface area contributed by atoms with Crippen LogP contribution < -0.4 is 10.9 Å². The minimum atomic E-state index is -0.496. The van der Waals surface area contributed by atoms with Gasteiger partial charge in [-0.2, -0.15) is 0 Å². The number of anilines is 1. The fourth-order valence-corrected chi connectivity index (χ4v) is 6.92. The maximum atomic E-state index is 13.3. The van der Waals surface area contributed by atoms with Gasteiger partial charge < -0.3 is 10.1 Å². The number of carbonyl (C=O) groups excluding carboxylic acids is 2. The lowest BCUT2D eigenvalue weighted by atomic mass is 9.89. The van der Waals surface area contributed by atoms with Crippen LogP contribution in [0.4, 0.5) is 5.00 Å². The summed E-state index contributed by atoms with van der Waals surface area (Å²) in [6.45, 7) is 6.00. The van der Waals surface area contributed by atoms with Crippen molar-refractivity contribution < 1.29 is 14.3 Å². The molecule has 1 amide bonds. The molecule has 1 aliphatic carbocycles. The van der Waals surface area contributed by atoms with Crippen molar-refractivity contribution in [1.29, 1.82) is 0 Å². The highest BCUT2D eigenvalue weighted by atomic mass is 32.1. The normalized spacial score (nSPS) is 15.0. The summed E-state index contributed by atoms with van der Waals surface area (Å²) in [5.41, 5.74) is 3.89. The van der Waals surface area contributed by atoms with Gasteiger partial charge in [-0.05, 0) is 50.2 Å². The van der Waals surface area contributed by atoms with Crippen molar-refractivity contribution in [1.82, 2.24) is 9.55 Å². The Morgan fingerprint density at radius 3 is 2.78 bits per heavy atom. The number of rotatable bonds is 6. The number of fused-ring (bicyclic) bond motifs is 3. The third-order valence-electron chi connectivity index (χ3n) is 6.48. The number of nitrogens with zero attached hydrogens (tertiary/aromatic N) is 2. The summed E-state index contributed by atoms with van der Waals surface area (Å²) in [6.07, 6.45) is 4.32. The van der Waals surface area contributed by atoms with Gasteiger partial charge in [-0.15, -0.1) is 22.7 Å². The van der Waals surface area contributed by atoms with Crippen LogP contribution in [0.2, 0.25) is 0 Å². The van der Waals surface area contributed by atoms with Crippen molar-refractivity contribution in [3.05, 3.63) is 67.9 Å². The number of benzene rings is 1. The van der Waals surface area contributed by atoms with E-state index in [0.29, 0.717) is 27.4 Å². The van der Waals surface area contributed by atoms with E-state index >= 15 is 0 Å². The van der Waals surface area contributed by atoms with E-state index < -0.39 is 11.9 Å². The predicted octanol–water partition coefficient (Wildman–Crippen LogP) is 5.44. The summed E-state index contributed by atoms with van der Waals surface area (Å²) in [5, 5.41) is 5.71. The molecule has 3 heterocycles. The van der Waals surface area contributed by atoms with Gasteiger partial charge in [0.1, 0.15) is 21.9 Å². The molecule has 1 atom stereocenters. The van der Waals surface area contributed by atoms with Crippen molar-refractivity contribution in [3.8, 4) is 11.1 Å². The lowest BCUT2D eigenvalue weighted by molar-refractivity contribution is -0.116. The van der Waals surface area contributed by atoms with E-state index in [2.05, 4.69) is 17.2 Å². The number of aromatic nitrogens is 2. The Bertz CT molecular complexity index is 1510. The molecule has 0 saturated heterocycles. The molecule has 7 nitrogen and oxygen atoms in total. The zero-order chi connectivity index (χ0) is 25.4. The number of nitrogens with one attached hydrogen (secondary N) is 1. The maximum absolute atomic E-state index is 13.3. The molecular formula is C27H27N3O4S2. The van der Waals surface area contributed by atoms with Gasteiger partial charge in [0.2, 0.25) is 5.91 Å². The van der Waals surface area contributed by atoms with Crippen molar-refractivity contribution in [2.45, 2.75) is 46.6 Å². The van der Waals surface area contributed by atoms with Crippen molar-refractivity contribution >= 4 is 49.8 Å². The number of esters is 1. The quantitative estimate of drug-likeness (QED) is 0.342. The summed E-state index contributed by atoms with van der Waals surface area (Å²) in [4.78, 5) is 45.6. The average molecular weight is 522 g/mol. The number of amides is 1. The van der Waals surface area contributed by atoms with Gasteiger partial charge in [0.25, 0.3) is 5.56 Å². The molecule has 0 aliphatic heterocycles. The molecule has 0 bridgehead atoms. The number of hydrogen-bond acceptors (Lipinski definition) is 7. The summed E-state index contributed by atoms with van der Waals surface area (Å²) in [6, 6.07) is 7.82. The molecule has 0 saturated carbocycles. The third-order valence-corrected chi connectivity index (χ3v) is 8.54. The Morgan fingerprint density at radius 2 is 2.03 bits per heavy atom. The first-order valence-corrected chi connectivity index (χ1v) is 13.7. The molecule has 5 rings (SSSR count). The molecule has 0 radical (unpaired) electrons. The number of hydrogen-bond donors (Lipinski definition) is 1. The minimum Gasteiger partial charge on any atom is -0.462 e. The molecule has 4 aromatic rings. The molecule has 36 heavy (non-hydrogen) atoms. The number of aryl methyl sites for hydroxylation is 2. The second-order valence-corrected chi connectivity index (χ2v) is 11.2. The van der Waals surface area contributed by atoms with Crippen LogP contribution in [0.25, 0.3) is 21.3 Å². The van der Waals surface area contributed by atoms with Gasteiger partial charge in [0.05, 0.1) is 18.3 Å². The molecular weight excluding hydrogens is 494 g/mol. The fraction of sp³-hybridized carbons (Fsp3) is 0.333. The molecule has 1 unspecified atom stereocenters. The Kier molecular flexibility index (Phi) is 6.77. The summed E-state index contributed by atoms with van der Waals surface area (Å²) >= 11 is 2.85. The van der Waals surface area contributed by atoms with Crippen LogP contribution in [-0.4, -0.2) is 28.0 Å². The first-order chi connectivity index (χ1) is 17.4. The summed E-state index contributed by atoms with van der Waals surface area (Å²) in [7, 11) is 0. The highest BCUT2D eigenvalue weighted by Gasteiger charge is 2.25. The zero-order valence-corrected chi connectivity index (χ0v) is 22.1. The smallest absolute Gasteiger partial charge is 0.341 e. The highest BCUT2D eigenvalue weighted by molar-refractivity contribution is 7.18. The first-order valence-electron chi connectivity index (χ1n) is 12.0. The van der Waals surface area contributed by atoms with Gasteiger partial charge in [-0.25, -0.2) is 9.78 Å². The molecule has 0 fully saturated rings. The summed E-state index contributed by atoms with van der Waals surface area (Å²) < 4.78 is 6.63. The molecule has 3 aromatic heterocycles. The van der Waals surface area contributed by atoms with Crippen LogP contribution in [0.5, 0.6) is 0 Å². The van der Waals surface area contributed by atoms with Crippen molar-refractivity contribution in [3.63, 3.8) is 0 Å². The Hall–Kier alpha value is -3.30. The van der Waals surface area contributed by atoms with E-state index in [-0.39, 0.29) is 18.7 Å². The molecule has 186 valence electrons. The second-order valence-electron chi connectivity index (χ2n) is 9.20. The topological polar surface area (TPSA) is 90.3 Å². The fourth-order valence-electron chi connectivity index (χ4n) is 4.60. The van der Waals surface area contributed by atoms with Crippen LogP contribution in [0.15, 0.2) is 40.8 Å². The van der Waals surface area contributed by atoms with Gasteiger partial charge in [0, 0.05) is 15.8 Å². The van der Waals surface area contributed by atoms with E-state index in [0.717, 1.165) is 40.8 Å². The van der Waals surface area contributed by atoms with Crippen molar-refractivity contribution in [2.75, 3.05) is 11.9 Å². The van der Waals surface area contributed by atoms with Crippen LogP contribution in [0, 0.1) is 12.8 Å². The lowest BCUT2D eigenvalue weighted by Gasteiger charge is -2.17. The van der Waals surface area contributed by atoms with Gasteiger partial charge in [0.15, 0.2) is 0 Å². The number of carbonyl (C=O) groups is 2. The zero-order valence-electron chi connectivity index (χ0n) is 20.4. The van der Waals surface area contributed by atoms with Crippen LogP contribution in [-0.2, 0) is 28.9 Å². The predicted molar refractivity (Wildman–Crippen MR) is 144 cm³/mol. The van der Waals surface area contributed by atoms with Crippen LogP contribution >= 0.6 is 22.7 Å². The van der Waals surface area contributed by atoms with Crippen LogP contribution in [0.1, 0.15) is 46.6 Å². The monoisotopic (exact) mass is 521 g/mol. The highest BCUT2D eigenvalue weighted by Crippen LogP contribution is 2.37. The van der Waals surface area contributed by atoms with Crippen LogP contribution in [0.3, 0.4) is 0 Å². The van der Waals surface area contributed by atoms with E-state index in [1.165, 1.54) is 27.1 Å². The molecule has 1 N–H and O–H groups in total. The van der Waals surface area contributed by atoms with Gasteiger partial charge in [-0.1, -0.05) is 36.8 Å². The summed E-state index contributed by atoms with van der Waals surface area (Å²) in [5.74, 6) is -0.300. The van der Waals surface area contributed by atoms with E-state index in [9.17, 15) is 14.4 Å². The Labute approximate surface area is 216 Å². The SMILES string of the molecule is CCOC(=O)c1c(-c2ccc(C)cc2)csc1NC(=O)Cn1cnc2sc3c(c2c1=O)CCC(C)C3. The van der Waals surface area contributed by atoms with Gasteiger partial charge in [-0.3, -0.25) is 14.2 Å². The van der Waals surface area contributed by atoms with Crippen molar-refractivity contribution in [2.24, 2.45) is 5.92 Å². The van der Waals surface area contributed by atoms with E-state index in [4.69, 9.17) is 4.74 Å². The molecule has 0 spiro atoms. The molecule has 9 heteroatoms. The second kappa shape index (κ2) is 9.99. The third kappa shape index (κ3) is 4.60. The molecule has 1 aliphatic rings. The maximum Gasteiger partial charge on any atom is 0.341 e. The van der Waals surface area contributed by atoms with E-state index in [1.807, 2.05) is 36.6 Å². The minimum absolute atomic E-state index is 0.192. The standard InChI is InChI=1S/C27H27N3O4S2/c1-4-34-27(33)23-19(17-8-5-15(2)6-9-17)13-35-25(23)29-21(31)12-30-14-28-24-22(26(30)32)18-10-7-16(3)11-20(18)36-24/h5-6,8-9,13-14,16H,4,7,10-12H2,1-3H3,(H,29,31). The van der Waals surface area contributed by atoms with E-state index in [1.54, 1.807) is 18.3 Å².